The molecular formula is C20H17N3O2S. The number of ether oxygens (including phenoxy) is 2. The van der Waals surface area contributed by atoms with E-state index in [2.05, 4.69) is 21.0 Å². The molecule has 5 nitrogen and oxygen atoms in total. The molecule has 3 heterocycles. The zero-order valence-corrected chi connectivity index (χ0v) is 15.5. The monoisotopic (exact) mass is 363 g/mol. The number of benzene rings is 1. The highest BCUT2D eigenvalue weighted by atomic mass is 32.1. The van der Waals surface area contributed by atoms with Crippen LogP contribution in [0.5, 0.6) is 17.4 Å². The van der Waals surface area contributed by atoms with E-state index in [0.717, 1.165) is 32.6 Å². The lowest BCUT2D eigenvalue weighted by molar-refractivity contribution is 0.409. The van der Waals surface area contributed by atoms with Crippen LogP contribution in [0.1, 0.15) is 11.4 Å². The first kappa shape index (κ1) is 16.5. The zero-order chi connectivity index (χ0) is 18.1. The van der Waals surface area contributed by atoms with E-state index < -0.39 is 0 Å². The fraction of sp³-hybridized carbons (Fsp3) is 0.150. The fourth-order valence-electron chi connectivity index (χ4n) is 2.98. The summed E-state index contributed by atoms with van der Waals surface area (Å²) in [5.74, 6) is 1.98. The third-order valence-electron chi connectivity index (χ3n) is 4.22. The maximum atomic E-state index is 6.03. The summed E-state index contributed by atoms with van der Waals surface area (Å²) < 4.78 is 12.7. The van der Waals surface area contributed by atoms with Crippen LogP contribution < -0.4 is 9.47 Å². The molecule has 0 unspecified atom stereocenters. The molecular weight excluding hydrogens is 346 g/mol. The van der Waals surface area contributed by atoms with E-state index in [1.165, 1.54) is 0 Å². The van der Waals surface area contributed by atoms with Crippen LogP contribution >= 0.6 is 11.3 Å². The van der Waals surface area contributed by atoms with Crippen molar-refractivity contribution in [3.05, 3.63) is 59.6 Å². The summed E-state index contributed by atoms with van der Waals surface area (Å²) >= 11 is 1.61. The van der Waals surface area contributed by atoms with Crippen molar-refractivity contribution < 1.29 is 9.47 Å². The minimum absolute atomic E-state index is 0.600. The van der Waals surface area contributed by atoms with Crippen molar-refractivity contribution in [3.8, 4) is 28.5 Å². The molecule has 4 rings (SSSR count). The van der Waals surface area contributed by atoms with E-state index in [1.54, 1.807) is 31.0 Å². The van der Waals surface area contributed by atoms with Gasteiger partial charge in [-0.2, -0.15) is 0 Å². The van der Waals surface area contributed by atoms with Crippen LogP contribution in [0.3, 0.4) is 0 Å². The van der Waals surface area contributed by atoms with E-state index in [9.17, 15) is 0 Å². The Kier molecular flexibility index (Phi) is 4.26. The van der Waals surface area contributed by atoms with Gasteiger partial charge in [0.25, 0.3) is 0 Å². The lowest BCUT2D eigenvalue weighted by Crippen LogP contribution is -1.97. The number of rotatable bonds is 4. The predicted molar refractivity (Wildman–Crippen MR) is 103 cm³/mol. The molecule has 0 N–H and O–H groups in total. The molecule has 0 spiro atoms. The number of thiophene rings is 1. The Morgan fingerprint density at radius 2 is 1.77 bits per heavy atom. The smallest absolute Gasteiger partial charge is 0.237 e. The summed E-state index contributed by atoms with van der Waals surface area (Å²) in [6.45, 7) is 3.94. The first-order chi connectivity index (χ1) is 12.7. The van der Waals surface area contributed by atoms with Gasteiger partial charge in [0, 0.05) is 34.8 Å². The third kappa shape index (κ3) is 2.88. The first-order valence-electron chi connectivity index (χ1n) is 8.14. The SMILES string of the molecule is COc1cc(Oc2nccc3ccsc23)ccc1-c1c(C)ncnc1C. The average molecular weight is 363 g/mol. The minimum atomic E-state index is 0.600. The zero-order valence-electron chi connectivity index (χ0n) is 14.7. The van der Waals surface area contributed by atoms with Crippen molar-refractivity contribution in [1.29, 1.82) is 0 Å². The van der Waals surface area contributed by atoms with Gasteiger partial charge in [0.1, 0.15) is 17.8 Å². The Hall–Kier alpha value is -2.99. The number of pyridine rings is 1. The molecule has 0 atom stereocenters. The molecule has 0 saturated carbocycles. The second-order valence-electron chi connectivity index (χ2n) is 5.84. The third-order valence-corrected chi connectivity index (χ3v) is 5.14. The molecule has 130 valence electrons. The van der Waals surface area contributed by atoms with Crippen LogP contribution in [-0.2, 0) is 0 Å². The average Bonchev–Trinajstić information content (AvgIpc) is 3.12. The van der Waals surface area contributed by atoms with E-state index in [1.807, 2.05) is 43.5 Å². The van der Waals surface area contributed by atoms with Crippen LogP contribution in [0.2, 0.25) is 0 Å². The van der Waals surface area contributed by atoms with Gasteiger partial charge in [-0.1, -0.05) is 0 Å². The van der Waals surface area contributed by atoms with Gasteiger partial charge in [0.05, 0.1) is 11.8 Å². The van der Waals surface area contributed by atoms with Crippen molar-refractivity contribution in [1.82, 2.24) is 15.0 Å². The lowest BCUT2D eigenvalue weighted by atomic mass is 10.0. The standard InChI is InChI=1S/C20H17N3O2S/c1-12-18(13(2)23-11-22-12)16-5-4-15(10-17(16)24-3)25-20-19-14(6-8-21-20)7-9-26-19/h4-11H,1-3H3. The number of hydrogen-bond acceptors (Lipinski definition) is 6. The van der Waals surface area contributed by atoms with Gasteiger partial charge >= 0.3 is 0 Å². The van der Waals surface area contributed by atoms with Crippen LogP contribution in [0.15, 0.2) is 48.2 Å². The van der Waals surface area contributed by atoms with E-state index in [0.29, 0.717) is 17.4 Å². The lowest BCUT2D eigenvalue weighted by Gasteiger charge is -2.14. The summed E-state index contributed by atoms with van der Waals surface area (Å²) in [6.07, 6.45) is 3.33. The van der Waals surface area contributed by atoms with Crippen LogP contribution in [0.25, 0.3) is 21.2 Å². The molecule has 0 bridgehead atoms. The van der Waals surface area contributed by atoms with Gasteiger partial charge in [0.15, 0.2) is 0 Å². The Labute approximate surface area is 155 Å². The second-order valence-corrected chi connectivity index (χ2v) is 6.75. The number of hydrogen-bond donors (Lipinski definition) is 0. The maximum Gasteiger partial charge on any atom is 0.237 e. The Morgan fingerprint density at radius 3 is 2.54 bits per heavy atom. The summed E-state index contributed by atoms with van der Waals surface area (Å²) in [7, 11) is 1.65. The summed E-state index contributed by atoms with van der Waals surface area (Å²) in [5.41, 5.74) is 3.75. The highest BCUT2D eigenvalue weighted by Gasteiger charge is 2.15. The van der Waals surface area contributed by atoms with Crippen molar-refractivity contribution in [2.75, 3.05) is 7.11 Å². The number of fused-ring (bicyclic) bond motifs is 1. The van der Waals surface area contributed by atoms with Crippen LogP contribution in [0, 0.1) is 13.8 Å². The van der Waals surface area contributed by atoms with Gasteiger partial charge in [-0.25, -0.2) is 15.0 Å². The van der Waals surface area contributed by atoms with E-state index >= 15 is 0 Å². The second kappa shape index (κ2) is 6.72. The molecule has 0 amide bonds. The van der Waals surface area contributed by atoms with Gasteiger partial charge in [0.2, 0.25) is 5.88 Å². The largest absolute Gasteiger partial charge is 0.496 e. The molecule has 0 aliphatic rings. The quantitative estimate of drug-likeness (QED) is 0.500. The Balaban J connectivity index is 1.75. The normalized spacial score (nSPS) is 10.9. The first-order valence-corrected chi connectivity index (χ1v) is 9.02. The van der Waals surface area contributed by atoms with Gasteiger partial charge < -0.3 is 9.47 Å². The van der Waals surface area contributed by atoms with Gasteiger partial charge in [-0.15, -0.1) is 11.3 Å². The highest BCUT2D eigenvalue weighted by molar-refractivity contribution is 7.17. The summed E-state index contributed by atoms with van der Waals surface area (Å²) in [5, 5.41) is 3.15. The molecule has 6 heteroatoms. The van der Waals surface area contributed by atoms with Crippen molar-refractivity contribution in [2.45, 2.75) is 13.8 Å². The van der Waals surface area contributed by atoms with Crippen molar-refractivity contribution >= 4 is 21.4 Å². The molecule has 3 aromatic heterocycles. The van der Waals surface area contributed by atoms with E-state index in [-0.39, 0.29) is 0 Å². The molecule has 4 aromatic rings. The Morgan fingerprint density at radius 1 is 0.962 bits per heavy atom. The highest BCUT2D eigenvalue weighted by Crippen LogP contribution is 2.38. The summed E-state index contributed by atoms with van der Waals surface area (Å²) in [4.78, 5) is 13.0. The summed E-state index contributed by atoms with van der Waals surface area (Å²) in [6, 6.07) is 9.79. The number of aryl methyl sites for hydroxylation is 2. The van der Waals surface area contributed by atoms with Crippen molar-refractivity contribution in [2.24, 2.45) is 0 Å². The van der Waals surface area contributed by atoms with Crippen molar-refractivity contribution in [3.63, 3.8) is 0 Å². The predicted octanol–water partition coefficient (Wildman–Crippen LogP) is 5.17. The topological polar surface area (TPSA) is 57.1 Å². The Bertz CT molecular complexity index is 1070. The van der Waals surface area contributed by atoms with Gasteiger partial charge in [-0.3, -0.25) is 0 Å². The number of aromatic nitrogens is 3. The molecule has 1 aromatic carbocycles. The molecule has 0 aliphatic heterocycles. The molecule has 0 fully saturated rings. The molecule has 0 aliphatic carbocycles. The fourth-order valence-corrected chi connectivity index (χ4v) is 3.79. The molecule has 0 saturated heterocycles. The minimum Gasteiger partial charge on any atom is -0.496 e. The molecule has 26 heavy (non-hydrogen) atoms. The number of methoxy groups -OCH3 is 1. The molecule has 0 radical (unpaired) electrons. The number of nitrogens with zero attached hydrogens (tertiary/aromatic N) is 3. The van der Waals surface area contributed by atoms with Gasteiger partial charge in [-0.05, 0) is 48.9 Å². The van der Waals surface area contributed by atoms with E-state index in [4.69, 9.17) is 9.47 Å². The maximum absolute atomic E-state index is 6.03. The van der Waals surface area contributed by atoms with Crippen LogP contribution in [-0.4, -0.2) is 22.1 Å². The van der Waals surface area contributed by atoms with Crippen LogP contribution in [0.4, 0.5) is 0 Å².